The predicted octanol–water partition coefficient (Wildman–Crippen LogP) is 3.40. The Morgan fingerprint density at radius 2 is 2.08 bits per heavy atom. The van der Waals surface area contributed by atoms with Gasteiger partial charge in [-0.2, -0.15) is 0 Å². The molecule has 0 amide bonds. The van der Waals surface area contributed by atoms with E-state index in [4.69, 9.17) is 4.52 Å². The molecule has 1 aliphatic rings. The van der Waals surface area contributed by atoms with Crippen molar-refractivity contribution in [2.75, 3.05) is 0 Å². The van der Waals surface area contributed by atoms with Gasteiger partial charge >= 0.3 is 8.69 Å². The Morgan fingerprint density at radius 1 is 1.38 bits per heavy atom. The molecule has 13 heavy (non-hydrogen) atoms. The Bertz CT molecular complexity index is 170. The normalized spacial score (nSPS) is 35.5. The minimum atomic E-state index is -0.593. The fourth-order valence-corrected chi connectivity index (χ4v) is 2.71. The van der Waals surface area contributed by atoms with Crippen LogP contribution in [0.4, 0.5) is 0 Å². The third-order valence-corrected chi connectivity index (χ3v) is 3.56. The van der Waals surface area contributed by atoms with Crippen LogP contribution in [0.1, 0.15) is 40.0 Å². The molecule has 0 aromatic carbocycles. The lowest BCUT2D eigenvalue weighted by molar-refractivity contribution is 0.0560. The van der Waals surface area contributed by atoms with Crippen LogP contribution in [0.3, 0.4) is 0 Å². The minimum Gasteiger partial charge on any atom is -0.144 e. The summed E-state index contributed by atoms with van der Waals surface area (Å²) >= 11 is 0. The number of rotatable bonds is 3. The van der Waals surface area contributed by atoms with Crippen molar-refractivity contribution >= 4 is 8.69 Å². The molecule has 2 nitrogen and oxygen atoms in total. The molecule has 76 valence electrons. The zero-order valence-electron chi connectivity index (χ0n) is 8.75. The summed E-state index contributed by atoms with van der Waals surface area (Å²) in [4.78, 5) is 0. The van der Waals surface area contributed by atoms with Gasteiger partial charge in [0.25, 0.3) is 0 Å². The summed E-state index contributed by atoms with van der Waals surface area (Å²) in [5.41, 5.74) is 0. The second kappa shape index (κ2) is 5.07. The van der Waals surface area contributed by atoms with Crippen molar-refractivity contribution in [3.05, 3.63) is 0 Å². The van der Waals surface area contributed by atoms with Crippen molar-refractivity contribution < 1.29 is 9.09 Å². The Labute approximate surface area is 82.3 Å². The third-order valence-electron chi connectivity index (χ3n) is 3.16. The maximum atomic E-state index is 10.5. The van der Waals surface area contributed by atoms with Gasteiger partial charge in [0.2, 0.25) is 0 Å². The van der Waals surface area contributed by atoms with Crippen LogP contribution in [0.2, 0.25) is 0 Å². The quantitative estimate of drug-likeness (QED) is 0.657. The molecule has 0 radical (unpaired) electrons. The molecular weight excluding hydrogens is 183 g/mol. The SMILES string of the molecule is CC1CCC(C(C)C)C(O[PH+]=O)C1. The molecule has 4 unspecified atom stereocenters. The van der Waals surface area contributed by atoms with Gasteiger partial charge in [0.05, 0.1) is 0 Å². The van der Waals surface area contributed by atoms with E-state index in [1.165, 1.54) is 12.8 Å². The number of hydrogen-bond acceptors (Lipinski definition) is 2. The van der Waals surface area contributed by atoms with Crippen LogP contribution in [0.5, 0.6) is 0 Å². The van der Waals surface area contributed by atoms with Gasteiger partial charge in [0.1, 0.15) is 6.10 Å². The van der Waals surface area contributed by atoms with Crippen LogP contribution in [-0.4, -0.2) is 6.10 Å². The third kappa shape index (κ3) is 3.03. The van der Waals surface area contributed by atoms with E-state index in [1.54, 1.807) is 0 Å². The summed E-state index contributed by atoms with van der Waals surface area (Å²) in [7, 11) is -0.593. The van der Waals surface area contributed by atoms with Crippen LogP contribution in [0, 0.1) is 17.8 Å². The van der Waals surface area contributed by atoms with Crippen LogP contribution in [0.15, 0.2) is 0 Å². The van der Waals surface area contributed by atoms with Crippen LogP contribution in [-0.2, 0) is 9.09 Å². The van der Waals surface area contributed by atoms with Gasteiger partial charge in [-0.1, -0.05) is 27.2 Å². The monoisotopic (exact) mass is 203 g/mol. The van der Waals surface area contributed by atoms with E-state index in [1.807, 2.05) is 0 Å². The standard InChI is InChI=1S/C10H20O2P/c1-7(2)9-5-4-8(3)6-10(9)12-13-11/h7-10,13H,4-6H2,1-3H3/q+1. The molecule has 1 rings (SSSR count). The summed E-state index contributed by atoms with van der Waals surface area (Å²) in [5.74, 6) is 1.99. The molecule has 0 spiro atoms. The molecule has 0 aromatic rings. The van der Waals surface area contributed by atoms with E-state index in [0.29, 0.717) is 11.8 Å². The predicted molar refractivity (Wildman–Crippen MR) is 55.2 cm³/mol. The number of hydrogen-bond donors (Lipinski definition) is 0. The minimum absolute atomic E-state index is 0.236. The summed E-state index contributed by atoms with van der Waals surface area (Å²) in [5, 5.41) is 0. The van der Waals surface area contributed by atoms with Crippen molar-refractivity contribution in [2.24, 2.45) is 17.8 Å². The first-order valence-corrected chi connectivity index (χ1v) is 5.99. The zero-order chi connectivity index (χ0) is 9.84. The fourth-order valence-electron chi connectivity index (χ4n) is 2.31. The smallest absolute Gasteiger partial charge is 0.144 e. The van der Waals surface area contributed by atoms with E-state index < -0.39 is 8.69 Å². The molecular formula is C10H20O2P+. The van der Waals surface area contributed by atoms with Gasteiger partial charge in [-0.05, 0) is 35.2 Å². The summed E-state index contributed by atoms with van der Waals surface area (Å²) < 4.78 is 15.8. The maximum Gasteiger partial charge on any atom is 0.494 e. The Morgan fingerprint density at radius 3 is 2.62 bits per heavy atom. The van der Waals surface area contributed by atoms with Gasteiger partial charge in [0.15, 0.2) is 0 Å². The maximum absolute atomic E-state index is 10.5. The highest BCUT2D eigenvalue weighted by atomic mass is 31.1. The van der Waals surface area contributed by atoms with Gasteiger partial charge in [0, 0.05) is 0 Å². The lowest BCUT2D eigenvalue weighted by atomic mass is 9.75. The fraction of sp³-hybridized carbons (Fsp3) is 1.00. The van der Waals surface area contributed by atoms with E-state index in [2.05, 4.69) is 20.8 Å². The van der Waals surface area contributed by atoms with E-state index >= 15 is 0 Å². The molecule has 0 aromatic heterocycles. The van der Waals surface area contributed by atoms with E-state index in [0.717, 1.165) is 12.3 Å². The van der Waals surface area contributed by atoms with Crippen LogP contribution >= 0.6 is 8.69 Å². The Hall–Kier alpha value is 0.0600. The lowest BCUT2D eigenvalue weighted by Gasteiger charge is -2.33. The lowest BCUT2D eigenvalue weighted by Crippen LogP contribution is -2.32. The molecule has 1 aliphatic carbocycles. The molecule has 0 N–H and O–H groups in total. The van der Waals surface area contributed by atoms with Crippen LogP contribution in [0.25, 0.3) is 0 Å². The zero-order valence-corrected chi connectivity index (χ0v) is 9.75. The molecule has 1 fully saturated rings. The average Bonchev–Trinajstić information content (AvgIpc) is 2.04. The Kier molecular flexibility index (Phi) is 4.34. The van der Waals surface area contributed by atoms with E-state index in [9.17, 15) is 4.57 Å². The molecule has 1 saturated carbocycles. The molecule has 3 heteroatoms. The summed E-state index contributed by atoms with van der Waals surface area (Å²) in [6.45, 7) is 6.71. The highest BCUT2D eigenvalue weighted by Gasteiger charge is 2.33. The average molecular weight is 203 g/mol. The van der Waals surface area contributed by atoms with Crippen molar-refractivity contribution in [3.8, 4) is 0 Å². The van der Waals surface area contributed by atoms with Gasteiger partial charge < -0.3 is 0 Å². The molecule has 0 aliphatic heterocycles. The first-order valence-electron chi connectivity index (χ1n) is 5.18. The van der Waals surface area contributed by atoms with Crippen LogP contribution < -0.4 is 0 Å². The highest BCUT2D eigenvalue weighted by Crippen LogP contribution is 2.36. The molecule has 0 saturated heterocycles. The molecule has 0 heterocycles. The molecule has 4 atom stereocenters. The highest BCUT2D eigenvalue weighted by molar-refractivity contribution is 7.17. The Balaban J connectivity index is 2.54. The van der Waals surface area contributed by atoms with Crippen molar-refractivity contribution in [1.82, 2.24) is 0 Å². The summed E-state index contributed by atoms with van der Waals surface area (Å²) in [6.07, 6.45) is 3.84. The second-order valence-electron chi connectivity index (χ2n) is 4.57. The molecule has 0 bridgehead atoms. The van der Waals surface area contributed by atoms with Gasteiger partial charge in [-0.25, -0.2) is 0 Å². The first kappa shape index (κ1) is 11.1. The van der Waals surface area contributed by atoms with E-state index in [-0.39, 0.29) is 6.10 Å². The largest absolute Gasteiger partial charge is 0.494 e. The van der Waals surface area contributed by atoms with Crippen molar-refractivity contribution in [2.45, 2.75) is 46.1 Å². The van der Waals surface area contributed by atoms with Crippen molar-refractivity contribution in [1.29, 1.82) is 0 Å². The first-order chi connectivity index (χ1) is 6.15. The second-order valence-corrected chi connectivity index (χ2v) is 4.97. The topological polar surface area (TPSA) is 26.3 Å². The van der Waals surface area contributed by atoms with Gasteiger partial charge in [-0.3, -0.25) is 0 Å². The summed E-state index contributed by atoms with van der Waals surface area (Å²) in [6, 6.07) is 0. The van der Waals surface area contributed by atoms with Crippen molar-refractivity contribution in [3.63, 3.8) is 0 Å². The van der Waals surface area contributed by atoms with Gasteiger partial charge in [-0.15, -0.1) is 4.52 Å².